The predicted octanol–water partition coefficient (Wildman–Crippen LogP) is 4.00. The fourth-order valence-electron chi connectivity index (χ4n) is 2.82. The molecule has 2 N–H and O–H groups in total. The van der Waals surface area contributed by atoms with E-state index in [-0.39, 0.29) is 27.6 Å². The van der Waals surface area contributed by atoms with E-state index in [1.165, 1.54) is 38.5 Å². The molecule has 9 nitrogen and oxygen atoms in total. The third kappa shape index (κ3) is 5.03. The van der Waals surface area contributed by atoms with Crippen molar-refractivity contribution >= 4 is 21.7 Å². The van der Waals surface area contributed by atoms with Crippen LogP contribution in [0.2, 0.25) is 0 Å². The molecule has 0 fully saturated rings. The lowest BCUT2D eigenvalue weighted by molar-refractivity contribution is 0.0696. The molecule has 3 rings (SSSR count). The Morgan fingerprint density at radius 1 is 0.781 bits per heavy atom. The molecule has 0 radical (unpaired) electrons. The summed E-state index contributed by atoms with van der Waals surface area (Å²) in [6.07, 6.45) is 0. The SMILES string of the molecule is COc1ccc(Oc2cc(NS(=O)(=O)c3cc(C(=O)O)ccc3OC)ccc2OC)cc1. The average Bonchev–Trinajstić information content (AvgIpc) is 2.79. The molecule has 0 saturated heterocycles. The summed E-state index contributed by atoms with van der Waals surface area (Å²) in [5.41, 5.74) is -0.0125. The van der Waals surface area contributed by atoms with Crippen LogP contribution in [0.3, 0.4) is 0 Å². The zero-order valence-corrected chi connectivity index (χ0v) is 18.3. The van der Waals surface area contributed by atoms with Crippen LogP contribution in [0.5, 0.6) is 28.7 Å². The predicted molar refractivity (Wildman–Crippen MR) is 117 cm³/mol. The van der Waals surface area contributed by atoms with Crippen molar-refractivity contribution < 1.29 is 37.3 Å². The Kier molecular flexibility index (Phi) is 6.74. The second kappa shape index (κ2) is 9.48. The molecule has 3 aromatic rings. The minimum atomic E-state index is -4.18. The number of carboxylic acid groups (broad SMARTS) is 1. The van der Waals surface area contributed by atoms with E-state index in [1.54, 1.807) is 37.4 Å². The molecule has 3 aromatic carbocycles. The normalized spacial score (nSPS) is 10.8. The number of hydrogen-bond donors (Lipinski definition) is 2. The largest absolute Gasteiger partial charge is 0.497 e. The maximum absolute atomic E-state index is 13.0. The lowest BCUT2D eigenvalue weighted by Crippen LogP contribution is -2.15. The highest BCUT2D eigenvalue weighted by atomic mass is 32.2. The van der Waals surface area contributed by atoms with Crippen LogP contribution in [-0.4, -0.2) is 40.8 Å². The topological polar surface area (TPSA) is 120 Å². The van der Waals surface area contributed by atoms with Gasteiger partial charge in [0.2, 0.25) is 0 Å². The van der Waals surface area contributed by atoms with Gasteiger partial charge in [0.25, 0.3) is 10.0 Å². The summed E-state index contributed by atoms with van der Waals surface area (Å²) in [6.45, 7) is 0. The van der Waals surface area contributed by atoms with Crippen molar-refractivity contribution in [2.24, 2.45) is 0 Å². The van der Waals surface area contributed by atoms with E-state index in [1.807, 2.05) is 0 Å². The summed E-state index contributed by atoms with van der Waals surface area (Å²) < 4.78 is 49.7. The molecular formula is C22H21NO8S. The van der Waals surface area contributed by atoms with Gasteiger partial charge in [-0.2, -0.15) is 0 Å². The number of benzene rings is 3. The van der Waals surface area contributed by atoms with Gasteiger partial charge in [0.05, 0.1) is 32.6 Å². The first-order valence-corrected chi connectivity index (χ1v) is 10.7. The van der Waals surface area contributed by atoms with E-state index in [0.717, 1.165) is 6.07 Å². The third-order valence-corrected chi connectivity index (χ3v) is 5.81. The summed E-state index contributed by atoms with van der Waals surface area (Å²) in [6, 6.07) is 14.9. The highest BCUT2D eigenvalue weighted by molar-refractivity contribution is 7.92. The minimum absolute atomic E-state index is 0.00529. The average molecular weight is 459 g/mol. The van der Waals surface area contributed by atoms with Crippen molar-refractivity contribution in [2.45, 2.75) is 4.90 Å². The minimum Gasteiger partial charge on any atom is -0.497 e. The highest BCUT2D eigenvalue weighted by Gasteiger charge is 2.22. The Morgan fingerprint density at radius 2 is 1.41 bits per heavy atom. The zero-order chi connectivity index (χ0) is 23.3. The number of rotatable bonds is 9. The van der Waals surface area contributed by atoms with Gasteiger partial charge in [-0.15, -0.1) is 0 Å². The molecule has 0 unspecified atom stereocenters. The van der Waals surface area contributed by atoms with Crippen LogP contribution < -0.4 is 23.7 Å². The molecule has 10 heteroatoms. The smallest absolute Gasteiger partial charge is 0.335 e. The highest BCUT2D eigenvalue weighted by Crippen LogP contribution is 2.36. The fourth-order valence-corrected chi connectivity index (χ4v) is 4.07. The maximum Gasteiger partial charge on any atom is 0.335 e. The van der Waals surface area contributed by atoms with Crippen LogP contribution in [0.25, 0.3) is 0 Å². The molecule has 0 saturated carbocycles. The second-order valence-corrected chi connectivity index (χ2v) is 8.07. The Balaban J connectivity index is 1.94. The first-order chi connectivity index (χ1) is 15.3. The first-order valence-electron chi connectivity index (χ1n) is 9.21. The van der Waals surface area contributed by atoms with Crippen molar-refractivity contribution in [3.8, 4) is 28.7 Å². The zero-order valence-electron chi connectivity index (χ0n) is 17.5. The standard InChI is InChI=1S/C22H21NO8S/c1-28-16-6-8-17(9-7-16)31-20-13-15(5-11-18(20)29-2)23-32(26,27)21-12-14(22(24)25)4-10-19(21)30-3/h4-13,23H,1-3H3,(H,24,25). The number of methoxy groups -OCH3 is 3. The number of carboxylic acids is 1. The Morgan fingerprint density at radius 3 is 2.00 bits per heavy atom. The summed E-state index contributed by atoms with van der Waals surface area (Å²) in [4.78, 5) is 11.0. The molecule has 0 heterocycles. The monoisotopic (exact) mass is 459 g/mol. The molecule has 32 heavy (non-hydrogen) atoms. The van der Waals surface area contributed by atoms with Crippen molar-refractivity contribution in [1.29, 1.82) is 0 Å². The number of nitrogens with one attached hydrogen (secondary N) is 1. The van der Waals surface area contributed by atoms with Crippen LogP contribution in [0.4, 0.5) is 5.69 Å². The lowest BCUT2D eigenvalue weighted by atomic mass is 10.2. The maximum atomic E-state index is 13.0. The Hall–Kier alpha value is -3.92. The van der Waals surface area contributed by atoms with Gasteiger partial charge in [-0.25, -0.2) is 13.2 Å². The quantitative estimate of drug-likeness (QED) is 0.493. The molecule has 0 amide bonds. The van der Waals surface area contributed by atoms with Crippen LogP contribution in [-0.2, 0) is 10.0 Å². The molecule has 0 aliphatic heterocycles. The number of anilines is 1. The van der Waals surface area contributed by atoms with Gasteiger partial charge in [0.15, 0.2) is 11.5 Å². The van der Waals surface area contributed by atoms with E-state index in [2.05, 4.69) is 4.72 Å². The van der Waals surface area contributed by atoms with E-state index in [0.29, 0.717) is 17.2 Å². The molecular weight excluding hydrogens is 438 g/mol. The number of carbonyl (C=O) groups is 1. The van der Waals surface area contributed by atoms with Crippen molar-refractivity contribution in [3.05, 3.63) is 66.2 Å². The number of hydrogen-bond acceptors (Lipinski definition) is 7. The van der Waals surface area contributed by atoms with E-state index >= 15 is 0 Å². The van der Waals surface area contributed by atoms with Crippen molar-refractivity contribution in [3.63, 3.8) is 0 Å². The van der Waals surface area contributed by atoms with E-state index in [9.17, 15) is 18.3 Å². The second-order valence-electron chi connectivity index (χ2n) is 6.42. The lowest BCUT2D eigenvalue weighted by Gasteiger charge is -2.15. The summed E-state index contributed by atoms with van der Waals surface area (Å²) in [7, 11) is 0.125. The van der Waals surface area contributed by atoms with E-state index in [4.69, 9.17) is 18.9 Å². The Labute approximate surface area is 185 Å². The van der Waals surface area contributed by atoms with Gasteiger partial charge in [0.1, 0.15) is 22.1 Å². The van der Waals surface area contributed by atoms with Gasteiger partial charge in [-0.05, 0) is 54.6 Å². The molecule has 0 aromatic heterocycles. The third-order valence-electron chi connectivity index (χ3n) is 4.40. The first kappa shape index (κ1) is 22.8. The van der Waals surface area contributed by atoms with Gasteiger partial charge < -0.3 is 24.1 Å². The van der Waals surface area contributed by atoms with Crippen LogP contribution in [0.15, 0.2) is 65.6 Å². The molecule has 0 aliphatic carbocycles. The summed E-state index contributed by atoms with van der Waals surface area (Å²) >= 11 is 0. The number of aromatic carboxylic acids is 1. The van der Waals surface area contributed by atoms with Crippen LogP contribution in [0.1, 0.15) is 10.4 Å². The van der Waals surface area contributed by atoms with Crippen LogP contribution >= 0.6 is 0 Å². The summed E-state index contributed by atoms with van der Waals surface area (Å²) in [5.74, 6) is 0.538. The molecule has 0 spiro atoms. The number of sulfonamides is 1. The summed E-state index contributed by atoms with van der Waals surface area (Å²) in [5, 5.41) is 9.20. The molecule has 0 atom stereocenters. The molecule has 0 bridgehead atoms. The number of ether oxygens (including phenoxy) is 4. The van der Waals surface area contributed by atoms with Crippen LogP contribution in [0, 0.1) is 0 Å². The Bertz CT molecular complexity index is 1220. The van der Waals surface area contributed by atoms with Gasteiger partial charge in [0, 0.05) is 6.07 Å². The van der Waals surface area contributed by atoms with Crippen molar-refractivity contribution in [1.82, 2.24) is 0 Å². The molecule has 0 aliphatic rings. The van der Waals surface area contributed by atoms with Gasteiger partial charge >= 0.3 is 5.97 Å². The fraction of sp³-hybridized carbons (Fsp3) is 0.136. The van der Waals surface area contributed by atoms with Crippen molar-refractivity contribution in [2.75, 3.05) is 26.1 Å². The van der Waals surface area contributed by atoms with Gasteiger partial charge in [-0.3, -0.25) is 4.72 Å². The van der Waals surface area contributed by atoms with E-state index < -0.39 is 16.0 Å². The molecule has 168 valence electrons. The van der Waals surface area contributed by atoms with Gasteiger partial charge in [-0.1, -0.05) is 0 Å².